The zero-order valence-electron chi connectivity index (χ0n) is 19.9. The molecule has 2 N–H and O–H groups in total. The van der Waals surface area contributed by atoms with E-state index in [0.717, 1.165) is 33.4 Å². The van der Waals surface area contributed by atoms with Crippen LogP contribution >= 0.6 is 0 Å². The van der Waals surface area contributed by atoms with Gasteiger partial charge < -0.3 is 5.73 Å². The topological polar surface area (TPSA) is 49.6 Å². The highest BCUT2D eigenvalue weighted by molar-refractivity contribution is 5.82. The predicted molar refractivity (Wildman–Crippen MR) is 130 cm³/mol. The Hall–Kier alpha value is -3.09. The first kappa shape index (κ1) is 24.0. The lowest BCUT2D eigenvalue weighted by Crippen LogP contribution is -2.51. The molecule has 3 aromatic carbocycles. The van der Waals surface area contributed by atoms with Crippen LogP contribution in [0.15, 0.2) is 60.7 Å². The number of piperazine rings is 1. The van der Waals surface area contributed by atoms with Crippen molar-refractivity contribution in [1.82, 2.24) is 9.80 Å². The molecule has 1 fully saturated rings. The van der Waals surface area contributed by atoms with Crippen LogP contribution in [0.5, 0.6) is 0 Å². The number of amides is 1. The van der Waals surface area contributed by atoms with E-state index >= 15 is 0 Å². The average molecular weight is 464 g/mol. The molecular weight excluding hydrogens is 432 g/mol. The first-order valence-corrected chi connectivity index (χ1v) is 11.6. The molecule has 0 aromatic heterocycles. The van der Waals surface area contributed by atoms with Gasteiger partial charge in [-0.2, -0.15) is 0 Å². The molecule has 178 valence electrons. The van der Waals surface area contributed by atoms with E-state index in [1.807, 2.05) is 20.8 Å². The number of nitrogens with zero attached hydrogens (tertiary/aromatic N) is 2. The SMILES string of the molecule is Cc1cc(C)c(C(C(N)=O)N2CCN(C(c3ccc(F)cc3)c3ccc(F)cc3)CC2)c(C)c1. The van der Waals surface area contributed by atoms with Crippen LogP contribution in [0.2, 0.25) is 0 Å². The van der Waals surface area contributed by atoms with Crippen LogP contribution in [0, 0.1) is 32.4 Å². The van der Waals surface area contributed by atoms with E-state index in [-0.39, 0.29) is 23.6 Å². The molecule has 6 heteroatoms. The Labute approximate surface area is 200 Å². The molecule has 4 nitrogen and oxygen atoms in total. The van der Waals surface area contributed by atoms with E-state index in [0.29, 0.717) is 26.2 Å². The lowest BCUT2D eigenvalue weighted by molar-refractivity contribution is -0.124. The predicted octanol–water partition coefficient (Wildman–Crippen LogP) is 4.82. The van der Waals surface area contributed by atoms with Crippen molar-refractivity contribution >= 4 is 5.91 Å². The van der Waals surface area contributed by atoms with Gasteiger partial charge in [-0.1, -0.05) is 42.0 Å². The lowest BCUT2D eigenvalue weighted by atomic mass is 9.92. The number of carbonyl (C=O) groups is 1. The fourth-order valence-electron chi connectivity index (χ4n) is 5.29. The molecule has 3 aromatic rings. The largest absolute Gasteiger partial charge is 0.368 e. The van der Waals surface area contributed by atoms with Gasteiger partial charge in [0.25, 0.3) is 0 Å². The third kappa shape index (κ3) is 5.03. The molecule has 1 heterocycles. The van der Waals surface area contributed by atoms with Gasteiger partial charge in [0.05, 0.1) is 6.04 Å². The molecule has 4 rings (SSSR count). The number of primary amides is 1. The van der Waals surface area contributed by atoms with Gasteiger partial charge in [-0.05, 0) is 72.9 Å². The van der Waals surface area contributed by atoms with Crippen molar-refractivity contribution in [2.24, 2.45) is 5.73 Å². The van der Waals surface area contributed by atoms with Gasteiger partial charge >= 0.3 is 0 Å². The molecule has 1 saturated heterocycles. The Morgan fingerprint density at radius 1 is 0.765 bits per heavy atom. The number of carbonyl (C=O) groups excluding carboxylic acids is 1. The molecule has 1 aliphatic rings. The Balaban J connectivity index is 1.60. The minimum absolute atomic E-state index is 0.141. The normalized spacial score (nSPS) is 16.1. The van der Waals surface area contributed by atoms with E-state index in [4.69, 9.17) is 5.73 Å². The number of nitrogens with two attached hydrogens (primary N) is 1. The first-order valence-electron chi connectivity index (χ1n) is 11.6. The molecule has 0 aliphatic carbocycles. The molecule has 1 atom stereocenters. The Morgan fingerprint density at radius 2 is 1.18 bits per heavy atom. The summed E-state index contributed by atoms with van der Waals surface area (Å²) >= 11 is 0. The maximum atomic E-state index is 13.6. The van der Waals surface area contributed by atoms with Crippen molar-refractivity contribution in [2.75, 3.05) is 26.2 Å². The maximum Gasteiger partial charge on any atom is 0.239 e. The third-order valence-electron chi connectivity index (χ3n) is 6.73. The second-order valence-electron chi connectivity index (χ2n) is 9.19. The van der Waals surface area contributed by atoms with Crippen molar-refractivity contribution in [3.8, 4) is 0 Å². The van der Waals surface area contributed by atoms with Crippen molar-refractivity contribution in [3.05, 3.63) is 106 Å². The number of halogens is 2. The maximum absolute atomic E-state index is 13.6. The smallest absolute Gasteiger partial charge is 0.239 e. The van der Waals surface area contributed by atoms with Gasteiger partial charge in [-0.25, -0.2) is 8.78 Å². The molecule has 0 spiro atoms. The van der Waals surface area contributed by atoms with Crippen molar-refractivity contribution in [1.29, 1.82) is 0 Å². The van der Waals surface area contributed by atoms with Gasteiger partial charge in [0.15, 0.2) is 0 Å². The fourth-order valence-corrected chi connectivity index (χ4v) is 5.29. The molecule has 1 amide bonds. The number of hydrogen-bond donors (Lipinski definition) is 1. The van der Waals surface area contributed by atoms with Gasteiger partial charge in [0.2, 0.25) is 5.91 Å². The highest BCUT2D eigenvalue weighted by Gasteiger charge is 2.33. The van der Waals surface area contributed by atoms with E-state index in [1.165, 1.54) is 24.3 Å². The minimum atomic E-state index is -0.488. The van der Waals surface area contributed by atoms with Crippen molar-refractivity contribution in [2.45, 2.75) is 32.9 Å². The quantitative estimate of drug-likeness (QED) is 0.570. The number of hydrogen-bond acceptors (Lipinski definition) is 3. The van der Waals surface area contributed by atoms with Crippen LogP contribution in [-0.4, -0.2) is 41.9 Å². The summed E-state index contributed by atoms with van der Waals surface area (Å²) in [5.74, 6) is -0.934. The third-order valence-corrected chi connectivity index (χ3v) is 6.73. The summed E-state index contributed by atoms with van der Waals surface area (Å²) in [5.41, 5.74) is 12.1. The second-order valence-corrected chi connectivity index (χ2v) is 9.19. The Morgan fingerprint density at radius 3 is 1.59 bits per heavy atom. The molecule has 0 bridgehead atoms. The van der Waals surface area contributed by atoms with Crippen LogP contribution in [0.3, 0.4) is 0 Å². The van der Waals surface area contributed by atoms with E-state index in [2.05, 4.69) is 21.9 Å². The zero-order chi connectivity index (χ0) is 24.4. The monoisotopic (exact) mass is 463 g/mol. The standard InChI is InChI=1S/C28H31F2N3O/c1-18-16-19(2)25(20(3)17-18)27(28(31)34)33-14-12-32(13-15-33)26(21-4-8-23(29)9-5-21)22-6-10-24(30)11-7-22/h4-11,16-17,26-27H,12-15H2,1-3H3,(H2,31,34). The molecule has 34 heavy (non-hydrogen) atoms. The molecule has 1 unspecified atom stereocenters. The highest BCUT2D eigenvalue weighted by Crippen LogP contribution is 2.33. The van der Waals surface area contributed by atoms with Gasteiger partial charge in [0, 0.05) is 26.2 Å². The summed E-state index contributed by atoms with van der Waals surface area (Å²) in [6.07, 6.45) is 0. The summed E-state index contributed by atoms with van der Waals surface area (Å²) in [5, 5.41) is 0. The average Bonchev–Trinajstić information content (AvgIpc) is 2.79. The van der Waals surface area contributed by atoms with E-state index < -0.39 is 6.04 Å². The Bertz CT molecular complexity index is 1080. The molecule has 1 aliphatic heterocycles. The number of aryl methyl sites for hydroxylation is 3. The van der Waals surface area contributed by atoms with E-state index in [9.17, 15) is 13.6 Å². The summed E-state index contributed by atoms with van der Waals surface area (Å²) in [4.78, 5) is 17.1. The van der Waals surface area contributed by atoms with Crippen LogP contribution in [0.4, 0.5) is 8.78 Å². The zero-order valence-corrected chi connectivity index (χ0v) is 19.9. The van der Waals surface area contributed by atoms with Crippen LogP contribution in [0.25, 0.3) is 0 Å². The van der Waals surface area contributed by atoms with E-state index in [1.54, 1.807) is 24.3 Å². The van der Waals surface area contributed by atoms with Crippen molar-refractivity contribution < 1.29 is 13.6 Å². The fraction of sp³-hybridized carbons (Fsp3) is 0.321. The summed E-state index contributed by atoms with van der Waals surface area (Å²) in [7, 11) is 0. The molecule has 0 radical (unpaired) electrons. The van der Waals surface area contributed by atoms with Crippen LogP contribution in [0.1, 0.15) is 45.5 Å². The number of rotatable bonds is 6. The highest BCUT2D eigenvalue weighted by atomic mass is 19.1. The molecular formula is C28H31F2N3O. The van der Waals surface area contributed by atoms with Gasteiger partial charge in [-0.15, -0.1) is 0 Å². The summed E-state index contributed by atoms with van der Waals surface area (Å²) in [6.45, 7) is 8.78. The van der Waals surface area contributed by atoms with Crippen molar-refractivity contribution in [3.63, 3.8) is 0 Å². The minimum Gasteiger partial charge on any atom is -0.368 e. The number of benzene rings is 3. The summed E-state index contributed by atoms with van der Waals surface area (Å²) in [6, 6.07) is 16.5. The second kappa shape index (κ2) is 10.0. The van der Waals surface area contributed by atoms with Crippen LogP contribution < -0.4 is 5.73 Å². The lowest BCUT2D eigenvalue weighted by Gasteiger charge is -2.42. The van der Waals surface area contributed by atoms with Gasteiger partial charge in [-0.3, -0.25) is 14.6 Å². The van der Waals surface area contributed by atoms with Crippen LogP contribution in [-0.2, 0) is 4.79 Å². The first-order chi connectivity index (χ1) is 16.2. The molecule has 0 saturated carbocycles. The summed E-state index contributed by atoms with van der Waals surface area (Å²) < 4.78 is 27.2. The Kier molecular flexibility index (Phi) is 7.10. The van der Waals surface area contributed by atoms with Gasteiger partial charge in [0.1, 0.15) is 17.7 Å².